The minimum Gasteiger partial charge on any atom is -0.353 e. The number of aromatic nitrogens is 2. The number of anilines is 1. The van der Waals surface area contributed by atoms with Crippen LogP contribution in [-0.2, 0) is 6.42 Å². The standard InChI is InChI=1S/C17H22N4OS/c1-3-5-15-19-14(12-23-15)17(22)21-10-8-20(9-11-21)16-13(2)6-4-7-18-16/h4,6-7,12H,3,5,8-11H2,1-2H3. The van der Waals surface area contributed by atoms with E-state index in [0.717, 1.165) is 49.8 Å². The van der Waals surface area contributed by atoms with Gasteiger partial charge in [-0.2, -0.15) is 0 Å². The van der Waals surface area contributed by atoms with Crippen molar-refractivity contribution in [2.75, 3.05) is 31.1 Å². The fourth-order valence-electron chi connectivity index (χ4n) is 2.83. The molecule has 0 N–H and O–H groups in total. The Balaban J connectivity index is 1.62. The van der Waals surface area contributed by atoms with Gasteiger partial charge in [0.25, 0.3) is 5.91 Å². The van der Waals surface area contributed by atoms with Gasteiger partial charge < -0.3 is 9.80 Å². The first kappa shape index (κ1) is 15.9. The van der Waals surface area contributed by atoms with Crippen LogP contribution < -0.4 is 4.90 Å². The number of aryl methyl sites for hydroxylation is 2. The molecule has 0 aliphatic carbocycles. The first-order valence-corrected chi connectivity index (χ1v) is 8.97. The molecule has 122 valence electrons. The summed E-state index contributed by atoms with van der Waals surface area (Å²) in [6.45, 7) is 7.27. The molecule has 3 heterocycles. The first-order valence-electron chi connectivity index (χ1n) is 8.09. The predicted octanol–water partition coefficient (Wildman–Crippen LogP) is 2.76. The van der Waals surface area contributed by atoms with E-state index in [4.69, 9.17) is 0 Å². The van der Waals surface area contributed by atoms with Crippen molar-refractivity contribution in [3.8, 4) is 0 Å². The number of piperazine rings is 1. The van der Waals surface area contributed by atoms with Crippen LogP contribution in [0.25, 0.3) is 0 Å². The molecule has 0 radical (unpaired) electrons. The number of hydrogen-bond acceptors (Lipinski definition) is 5. The van der Waals surface area contributed by atoms with Crippen molar-refractivity contribution < 1.29 is 4.79 Å². The van der Waals surface area contributed by atoms with E-state index in [1.807, 2.05) is 22.5 Å². The lowest BCUT2D eigenvalue weighted by molar-refractivity contribution is 0.0741. The molecule has 6 heteroatoms. The highest BCUT2D eigenvalue weighted by molar-refractivity contribution is 7.09. The lowest BCUT2D eigenvalue weighted by atomic mass is 10.2. The Morgan fingerprint density at radius 2 is 2.09 bits per heavy atom. The Morgan fingerprint density at radius 3 is 2.78 bits per heavy atom. The quantitative estimate of drug-likeness (QED) is 0.865. The molecule has 23 heavy (non-hydrogen) atoms. The highest BCUT2D eigenvalue weighted by atomic mass is 32.1. The largest absolute Gasteiger partial charge is 0.353 e. The molecule has 0 bridgehead atoms. The molecule has 2 aromatic rings. The number of thiazole rings is 1. The molecule has 2 aromatic heterocycles. The van der Waals surface area contributed by atoms with Crippen LogP contribution in [0.15, 0.2) is 23.7 Å². The molecule has 1 aliphatic rings. The predicted molar refractivity (Wildman–Crippen MR) is 93.2 cm³/mol. The van der Waals surface area contributed by atoms with E-state index in [-0.39, 0.29) is 5.91 Å². The molecule has 0 atom stereocenters. The van der Waals surface area contributed by atoms with Gasteiger partial charge in [-0.3, -0.25) is 4.79 Å². The normalized spacial score (nSPS) is 15.0. The molecule has 0 aromatic carbocycles. The van der Waals surface area contributed by atoms with Crippen molar-refractivity contribution >= 4 is 23.1 Å². The van der Waals surface area contributed by atoms with Crippen LogP contribution in [0.1, 0.15) is 34.4 Å². The third-order valence-electron chi connectivity index (χ3n) is 4.08. The molecule has 0 unspecified atom stereocenters. The molecule has 0 spiro atoms. The van der Waals surface area contributed by atoms with E-state index in [1.54, 1.807) is 11.3 Å². The minimum atomic E-state index is 0.0565. The zero-order valence-electron chi connectivity index (χ0n) is 13.7. The topological polar surface area (TPSA) is 49.3 Å². The number of nitrogens with zero attached hydrogens (tertiary/aromatic N) is 4. The van der Waals surface area contributed by atoms with Crippen molar-refractivity contribution in [3.05, 3.63) is 40.0 Å². The van der Waals surface area contributed by atoms with Crippen LogP contribution in [-0.4, -0.2) is 47.0 Å². The average Bonchev–Trinajstić information content (AvgIpc) is 3.04. The molecule has 5 nitrogen and oxygen atoms in total. The highest BCUT2D eigenvalue weighted by Gasteiger charge is 2.24. The Labute approximate surface area is 141 Å². The van der Waals surface area contributed by atoms with E-state index in [1.165, 1.54) is 5.56 Å². The third-order valence-corrected chi connectivity index (χ3v) is 4.99. The van der Waals surface area contributed by atoms with Crippen LogP contribution in [0.4, 0.5) is 5.82 Å². The molecular weight excluding hydrogens is 308 g/mol. The summed E-state index contributed by atoms with van der Waals surface area (Å²) in [5, 5.41) is 2.95. The van der Waals surface area contributed by atoms with Crippen molar-refractivity contribution in [3.63, 3.8) is 0 Å². The van der Waals surface area contributed by atoms with Crippen molar-refractivity contribution in [2.45, 2.75) is 26.7 Å². The maximum atomic E-state index is 12.6. The summed E-state index contributed by atoms with van der Waals surface area (Å²) in [5.41, 5.74) is 1.77. The second kappa shape index (κ2) is 7.08. The molecular formula is C17H22N4OS. The van der Waals surface area contributed by atoms with E-state index >= 15 is 0 Å². The Bertz CT molecular complexity index is 677. The average molecular weight is 330 g/mol. The van der Waals surface area contributed by atoms with Gasteiger partial charge in [0, 0.05) is 37.8 Å². The number of rotatable bonds is 4. The first-order chi connectivity index (χ1) is 11.2. The fraction of sp³-hybridized carbons (Fsp3) is 0.471. The zero-order valence-corrected chi connectivity index (χ0v) is 14.5. The highest BCUT2D eigenvalue weighted by Crippen LogP contribution is 2.19. The third kappa shape index (κ3) is 3.52. The van der Waals surface area contributed by atoms with Crippen LogP contribution in [0, 0.1) is 6.92 Å². The molecule has 1 amide bonds. The van der Waals surface area contributed by atoms with Gasteiger partial charge in [0.1, 0.15) is 11.5 Å². The van der Waals surface area contributed by atoms with Crippen molar-refractivity contribution in [1.82, 2.24) is 14.9 Å². The number of pyridine rings is 1. The number of amides is 1. The van der Waals surface area contributed by atoms with Gasteiger partial charge in [0.05, 0.1) is 5.01 Å². The summed E-state index contributed by atoms with van der Waals surface area (Å²) in [5.74, 6) is 1.08. The monoisotopic (exact) mass is 330 g/mol. The molecule has 3 rings (SSSR count). The SMILES string of the molecule is CCCc1nc(C(=O)N2CCN(c3ncccc3C)CC2)cs1. The number of carbonyl (C=O) groups excluding carboxylic acids is 1. The number of carbonyl (C=O) groups is 1. The minimum absolute atomic E-state index is 0.0565. The Kier molecular flexibility index (Phi) is 4.91. The van der Waals surface area contributed by atoms with E-state index in [2.05, 4.69) is 34.8 Å². The molecule has 1 saturated heterocycles. The van der Waals surface area contributed by atoms with Crippen LogP contribution in [0.2, 0.25) is 0 Å². The van der Waals surface area contributed by atoms with Gasteiger partial charge in [-0.1, -0.05) is 13.0 Å². The van der Waals surface area contributed by atoms with Crippen LogP contribution in [0.5, 0.6) is 0 Å². The lowest BCUT2D eigenvalue weighted by Crippen LogP contribution is -2.49. The maximum Gasteiger partial charge on any atom is 0.273 e. The molecule has 0 saturated carbocycles. The summed E-state index contributed by atoms with van der Waals surface area (Å²) >= 11 is 1.59. The van der Waals surface area contributed by atoms with Gasteiger partial charge in [-0.15, -0.1) is 11.3 Å². The van der Waals surface area contributed by atoms with Crippen LogP contribution >= 0.6 is 11.3 Å². The smallest absolute Gasteiger partial charge is 0.273 e. The van der Waals surface area contributed by atoms with Gasteiger partial charge in [-0.25, -0.2) is 9.97 Å². The lowest BCUT2D eigenvalue weighted by Gasteiger charge is -2.35. The van der Waals surface area contributed by atoms with Gasteiger partial charge in [0.15, 0.2) is 0 Å². The second-order valence-corrected chi connectivity index (χ2v) is 6.74. The summed E-state index contributed by atoms with van der Waals surface area (Å²) in [7, 11) is 0. The molecule has 1 aliphatic heterocycles. The Hall–Kier alpha value is -1.95. The maximum absolute atomic E-state index is 12.6. The zero-order chi connectivity index (χ0) is 16.2. The van der Waals surface area contributed by atoms with E-state index in [9.17, 15) is 4.79 Å². The summed E-state index contributed by atoms with van der Waals surface area (Å²) in [6.07, 6.45) is 3.83. The van der Waals surface area contributed by atoms with Crippen molar-refractivity contribution in [1.29, 1.82) is 0 Å². The summed E-state index contributed by atoms with van der Waals surface area (Å²) in [6, 6.07) is 4.03. The number of hydrogen-bond donors (Lipinski definition) is 0. The van der Waals surface area contributed by atoms with E-state index in [0.29, 0.717) is 5.69 Å². The van der Waals surface area contributed by atoms with Crippen LogP contribution in [0.3, 0.4) is 0 Å². The van der Waals surface area contributed by atoms with E-state index < -0.39 is 0 Å². The molecule has 1 fully saturated rings. The van der Waals surface area contributed by atoms with Gasteiger partial charge in [-0.05, 0) is 31.4 Å². The summed E-state index contributed by atoms with van der Waals surface area (Å²) in [4.78, 5) is 25.7. The summed E-state index contributed by atoms with van der Waals surface area (Å²) < 4.78 is 0. The Morgan fingerprint density at radius 1 is 1.30 bits per heavy atom. The van der Waals surface area contributed by atoms with Gasteiger partial charge in [0.2, 0.25) is 0 Å². The second-order valence-electron chi connectivity index (χ2n) is 5.80. The fourth-order valence-corrected chi connectivity index (χ4v) is 3.70. The van der Waals surface area contributed by atoms with Crippen molar-refractivity contribution in [2.24, 2.45) is 0 Å². The van der Waals surface area contributed by atoms with Gasteiger partial charge >= 0.3 is 0 Å².